The van der Waals surface area contributed by atoms with E-state index in [0.29, 0.717) is 12.2 Å². The molecule has 0 bridgehead atoms. The fraction of sp³-hybridized carbons (Fsp3) is 0.300. The molecule has 0 heterocycles. The highest BCUT2D eigenvalue weighted by Crippen LogP contribution is 2.23. The van der Waals surface area contributed by atoms with Crippen LogP contribution in [0.5, 0.6) is 0 Å². The first-order valence-electron chi connectivity index (χ1n) is 8.70. The van der Waals surface area contributed by atoms with E-state index in [4.69, 9.17) is 4.74 Å². The maximum atomic E-state index is 12.5. The van der Waals surface area contributed by atoms with Crippen molar-refractivity contribution in [2.24, 2.45) is 0 Å². The van der Waals surface area contributed by atoms with E-state index >= 15 is 0 Å². The lowest BCUT2D eigenvalue weighted by Gasteiger charge is -2.20. The van der Waals surface area contributed by atoms with Gasteiger partial charge in [-0.15, -0.1) is 0 Å². The zero-order valence-electron chi connectivity index (χ0n) is 16.0. The highest BCUT2D eigenvalue weighted by molar-refractivity contribution is 5.97. The Bertz CT molecular complexity index is 860. The summed E-state index contributed by atoms with van der Waals surface area (Å²) < 4.78 is 5.05. The first-order chi connectivity index (χ1) is 13.2. The fourth-order valence-electron chi connectivity index (χ4n) is 2.43. The van der Waals surface area contributed by atoms with Crippen LogP contribution in [0, 0.1) is 10.1 Å². The number of ether oxygens (including phenoxy) is 1. The number of nitrogens with zero attached hydrogens (tertiary/aromatic N) is 1. The van der Waals surface area contributed by atoms with Crippen molar-refractivity contribution < 1.29 is 19.2 Å². The summed E-state index contributed by atoms with van der Waals surface area (Å²) in [6, 6.07) is 13.4. The smallest absolute Gasteiger partial charge is 0.341 e. The highest BCUT2D eigenvalue weighted by Gasteiger charge is 2.20. The Morgan fingerprint density at radius 2 is 1.79 bits per heavy atom. The summed E-state index contributed by atoms with van der Waals surface area (Å²) in [7, 11) is 0. The van der Waals surface area contributed by atoms with Gasteiger partial charge >= 0.3 is 5.97 Å². The Labute approximate surface area is 163 Å². The van der Waals surface area contributed by atoms with Gasteiger partial charge in [0, 0.05) is 29.9 Å². The van der Waals surface area contributed by atoms with Gasteiger partial charge in [0.25, 0.3) is 11.6 Å². The third-order valence-corrected chi connectivity index (χ3v) is 3.61. The quantitative estimate of drug-likeness (QED) is 0.430. The minimum absolute atomic E-state index is 0.00584. The largest absolute Gasteiger partial charge is 0.452 e. The number of esters is 1. The number of hydrogen-bond donors (Lipinski definition) is 2. The average Bonchev–Trinajstić information content (AvgIpc) is 2.63. The molecule has 0 aromatic heterocycles. The van der Waals surface area contributed by atoms with Gasteiger partial charge in [-0.25, -0.2) is 4.79 Å². The van der Waals surface area contributed by atoms with E-state index in [9.17, 15) is 19.7 Å². The fourth-order valence-corrected chi connectivity index (χ4v) is 2.43. The number of non-ortho nitro benzene ring substituents is 1. The molecule has 8 heteroatoms. The zero-order chi connectivity index (χ0) is 20.7. The van der Waals surface area contributed by atoms with E-state index in [-0.39, 0.29) is 11.3 Å². The molecule has 2 N–H and O–H groups in total. The molecule has 148 valence electrons. The van der Waals surface area contributed by atoms with Crippen LogP contribution in [0.15, 0.2) is 48.5 Å². The molecular weight excluding hydrogens is 362 g/mol. The third kappa shape index (κ3) is 6.39. The molecule has 0 aliphatic heterocycles. The maximum absolute atomic E-state index is 12.5. The number of benzene rings is 2. The van der Waals surface area contributed by atoms with Crippen LogP contribution in [-0.2, 0) is 16.1 Å². The van der Waals surface area contributed by atoms with Crippen LogP contribution in [0.25, 0.3) is 0 Å². The van der Waals surface area contributed by atoms with Gasteiger partial charge in [0.05, 0.1) is 10.5 Å². The summed E-state index contributed by atoms with van der Waals surface area (Å²) in [5, 5.41) is 16.8. The Kier molecular flexibility index (Phi) is 6.70. The SMILES string of the molecule is CC(C)(C)NC(=O)COC(=O)c1cc([N+](=O)[O-])ccc1NCc1ccccc1. The van der Waals surface area contributed by atoms with Crippen molar-refractivity contribution in [1.82, 2.24) is 5.32 Å². The molecule has 1 amide bonds. The predicted octanol–water partition coefficient (Wildman–Crippen LogP) is 3.28. The lowest BCUT2D eigenvalue weighted by molar-refractivity contribution is -0.384. The van der Waals surface area contributed by atoms with Crippen molar-refractivity contribution >= 4 is 23.3 Å². The summed E-state index contributed by atoms with van der Waals surface area (Å²) in [6.45, 7) is 5.36. The molecule has 8 nitrogen and oxygen atoms in total. The van der Waals surface area contributed by atoms with Gasteiger partial charge in [0.15, 0.2) is 6.61 Å². The van der Waals surface area contributed by atoms with Crippen molar-refractivity contribution in [2.45, 2.75) is 32.9 Å². The van der Waals surface area contributed by atoms with Gasteiger partial charge in [-0.3, -0.25) is 14.9 Å². The van der Waals surface area contributed by atoms with E-state index in [2.05, 4.69) is 10.6 Å². The third-order valence-electron chi connectivity index (χ3n) is 3.61. The molecule has 0 fully saturated rings. The van der Waals surface area contributed by atoms with Crippen LogP contribution in [0.3, 0.4) is 0 Å². The van der Waals surface area contributed by atoms with Crippen molar-refractivity contribution in [3.8, 4) is 0 Å². The van der Waals surface area contributed by atoms with Gasteiger partial charge in [-0.1, -0.05) is 30.3 Å². The summed E-state index contributed by atoms with van der Waals surface area (Å²) >= 11 is 0. The van der Waals surface area contributed by atoms with Gasteiger partial charge in [-0.2, -0.15) is 0 Å². The van der Waals surface area contributed by atoms with Crippen LogP contribution >= 0.6 is 0 Å². The number of carbonyl (C=O) groups is 2. The van der Waals surface area contributed by atoms with Crippen LogP contribution in [0.2, 0.25) is 0 Å². The lowest BCUT2D eigenvalue weighted by atomic mass is 10.1. The van der Waals surface area contributed by atoms with Gasteiger partial charge < -0.3 is 15.4 Å². The number of nitrogens with one attached hydrogen (secondary N) is 2. The first kappa shape index (κ1) is 20.9. The normalized spacial score (nSPS) is 10.8. The number of hydrogen-bond acceptors (Lipinski definition) is 6. The second kappa shape index (κ2) is 8.98. The van der Waals surface area contributed by atoms with Crippen molar-refractivity contribution in [1.29, 1.82) is 0 Å². The van der Waals surface area contributed by atoms with Crippen LogP contribution in [0.1, 0.15) is 36.7 Å². The monoisotopic (exact) mass is 385 g/mol. The zero-order valence-corrected chi connectivity index (χ0v) is 16.0. The number of nitro groups is 1. The van der Waals surface area contributed by atoms with E-state index < -0.39 is 28.9 Å². The van der Waals surface area contributed by atoms with Crippen molar-refractivity contribution in [2.75, 3.05) is 11.9 Å². The van der Waals surface area contributed by atoms with Crippen LogP contribution in [0.4, 0.5) is 11.4 Å². The maximum Gasteiger partial charge on any atom is 0.341 e. The Hall–Kier alpha value is -3.42. The molecule has 0 spiro atoms. The van der Waals surface area contributed by atoms with E-state index in [1.165, 1.54) is 12.1 Å². The molecule has 0 saturated carbocycles. The van der Waals surface area contributed by atoms with Crippen molar-refractivity contribution in [3.63, 3.8) is 0 Å². The second-order valence-electron chi connectivity index (χ2n) is 7.20. The van der Waals surface area contributed by atoms with Crippen molar-refractivity contribution in [3.05, 3.63) is 69.8 Å². The molecule has 0 aliphatic rings. The van der Waals surface area contributed by atoms with Crippen LogP contribution in [-0.4, -0.2) is 28.9 Å². The molecule has 0 atom stereocenters. The number of amides is 1. The summed E-state index contributed by atoms with van der Waals surface area (Å²) in [5.74, 6) is -1.27. The first-order valence-corrected chi connectivity index (χ1v) is 8.70. The lowest BCUT2D eigenvalue weighted by Crippen LogP contribution is -2.42. The van der Waals surface area contributed by atoms with E-state index in [1.807, 2.05) is 30.3 Å². The molecule has 2 aromatic carbocycles. The minimum Gasteiger partial charge on any atom is -0.452 e. The molecule has 2 aromatic rings. The molecule has 0 aliphatic carbocycles. The Morgan fingerprint density at radius 1 is 1.11 bits per heavy atom. The summed E-state index contributed by atoms with van der Waals surface area (Å²) in [6.07, 6.45) is 0. The molecule has 0 unspecified atom stereocenters. The molecular formula is C20H23N3O5. The molecule has 0 saturated heterocycles. The van der Waals surface area contributed by atoms with E-state index in [0.717, 1.165) is 11.6 Å². The topological polar surface area (TPSA) is 111 Å². The Morgan fingerprint density at radius 3 is 2.39 bits per heavy atom. The highest BCUT2D eigenvalue weighted by atomic mass is 16.6. The standard InChI is InChI=1S/C20H23N3O5/c1-20(2,3)22-18(24)13-28-19(25)16-11-15(23(26)27)9-10-17(16)21-12-14-7-5-4-6-8-14/h4-11,21H,12-13H2,1-3H3,(H,22,24). The second-order valence-corrected chi connectivity index (χ2v) is 7.20. The minimum atomic E-state index is -0.816. The van der Waals surface area contributed by atoms with Crippen LogP contribution < -0.4 is 10.6 Å². The van der Waals surface area contributed by atoms with E-state index in [1.54, 1.807) is 20.8 Å². The number of rotatable bonds is 7. The van der Waals surface area contributed by atoms with Gasteiger partial charge in [0.1, 0.15) is 0 Å². The predicted molar refractivity (Wildman–Crippen MR) is 105 cm³/mol. The number of nitro benzene ring substituents is 1. The number of anilines is 1. The number of carbonyl (C=O) groups excluding carboxylic acids is 2. The molecule has 0 radical (unpaired) electrons. The Balaban J connectivity index is 2.14. The summed E-state index contributed by atoms with van der Waals surface area (Å²) in [5.41, 5.74) is 0.655. The summed E-state index contributed by atoms with van der Waals surface area (Å²) in [4.78, 5) is 34.8. The molecule has 28 heavy (non-hydrogen) atoms. The van der Waals surface area contributed by atoms with Gasteiger partial charge in [0.2, 0.25) is 0 Å². The molecule has 2 rings (SSSR count). The average molecular weight is 385 g/mol. The van der Waals surface area contributed by atoms with Gasteiger partial charge in [-0.05, 0) is 32.4 Å².